The number of pyridine rings is 1. The molecule has 2 heterocycles. The lowest BCUT2D eigenvalue weighted by Crippen LogP contribution is -2.30. The average Bonchev–Trinajstić information content (AvgIpc) is 2.96. The highest BCUT2D eigenvalue weighted by molar-refractivity contribution is 6.07. The van der Waals surface area contributed by atoms with Crippen molar-refractivity contribution in [2.45, 2.75) is 6.92 Å². The van der Waals surface area contributed by atoms with Gasteiger partial charge in [-0.05, 0) is 30.7 Å². The molecule has 0 fully saturated rings. The van der Waals surface area contributed by atoms with Crippen molar-refractivity contribution in [3.63, 3.8) is 0 Å². The monoisotopic (exact) mass is 317 g/mol. The summed E-state index contributed by atoms with van der Waals surface area (Å²) in [5, 5.41) is 1.17. The number of benzene rings is 2. The maximum Gasteiger partial charge on any atom is 0.212 e. The van der Waals surface area contributed by atoms with E-state index in [2.05, 4.69) is 4.85 Å². The molecule has 116 valence electrons. The van der Waals surface area contributed by atoms with Crippen LogP contribution >= 0.6 is 0 Å². The van der Waals surface area contributed by atoms with Gasteiger partial charge in [-0.2, -0.15) is 0 Å². The molecule has 3 nitrogen and oxygen atoms in total. The highest BCUT2D eigenvalue weighted by Gasteiger charge is 2.21. The molecular formula is C20H14FN2O+. The fraction of sp³-hybridized carbons (Fsp3) is 0.100. The van der Waals surface area contributed by atoms with Gasteiger partial charge in [0.05, 0.1) is 17.5 Å². The van der Waals surface area contributed by atoms with Crippen molar-refractivity contribution in [3.05, 3.63) is 71.5 Å². The van der Waals surface area contributed by atoms with Crippen molar-refractivity contribution in [1.29, 1.82) is 0 Å². The van der Waals surface area contributed by atoms with Gasteiger partial charge in [0.15, 0.2) is 11.9 Å². The summed E-state index contributed by atoms with van der Waals surface area (Å²) in [5.41, 5.74) is 3.81. The minimum atomic E-state index is -0.277. The predicted molar refractivity (Wildman–Crippen MR) is 91.3 cm³/mol. The summed E-state index contributed by atoms with van der Waals surface area (Å²) in [5.74, 6) is -0.277. The Labute approximate surface area is 138 Å². The summed E-state index contributed by atoms with van der Waals surface area (Å²) in [4.78, 5) is 3.40. The molecule has 2 aromatic carbocycles. The molecule has 0 aliphatic heterocycles. The van der Waals surface area contributed by atoms with Crippen LogP contribution in [-0.2, 0) is 7.05 Å². The largest absolute Gasteiger partial charge is 0.457 e. The molecule has 0 aliphatic carbocycles. The van der Waals surface area contributed by atoms with Gasteiger partial charge in [-0.3, -0.25) is 0 Å². The number of furan rings is 1. The van der Waals surface area contributed by atoms with Gasteiger partial charge in [0.2, 0.25) is 5.69 Å². The van der Waals surface area contributed by atoms with E-state index in [1.165, 1.54) is 0 Å². The highest BCUT2D eigenvalue weighted by atomic mass is 19.1. The number of fused-ring (bicyclic) bond motifs is 3. The van der Waals surface area contributed by atoms with Crippen LogP contribution in [0, 0.1) is 19.3 Å². The third-order valence-electron chi connectivity index (χ3n) is 4.39. The van der Waals surface area contributed by atoms with E-state index in [1.807, 2.05) is 42.1 Å². The lowest BCUT2D eigenvalue weighted by molar-refractivity contribution is -0.660. The van der Waals surface area contributed by atoms with Crippen LogP contribution in [0.5, 0.6) is 0 Å². The van der Waals surface area contributed by atoms with Gasteiger partial charge >= 0.3 is 0 Å². The van der Waals surface area contributed by atoms with Crippen LogP contribution in [0.3, 0.4) is 0 Å². The predicted octanol–water partition coefficient (Wildman–Crippen LogP) is 5.08. The second-order valence-electron chi connectivity index (χ2n) is 5.83. The van der Waals surface area contributed by atoms with E-state index in [1.54, 1.807) is 25.1 Å². The summed E-state index contributed by atoms with van der Waals surface area (Å²) in [6, 6.07) is 12.8. The molecule has 0 saturated heterocycles. The zero-order chi connectivity index (χ0) is 16.8. The van der Waals surface area contributed by atoms with E-state index < -0.39 is 0 Å². The molecule has 0 atom stereocenters. The zero-order valence-electron chi connectivity index (χ0n) is 13.3. The minimum absolute atomic E-state index is 0.277. The van der Waals surface area contributed by atoms with E-state index in [0.29, 0.717) is 33.2 Å². The van der Waals surface area contributed by atoms with E-state index in [9.17, 15) is 0 Å². The van der Waals surface area contributed by atoms with E-state index in [-0.39, 0.29) is 5.82 Å². The number of aromatic nitrogens is 1. The maximum atomic E-state index is 15.1. The van der Waals surface area contributed by atoms with Crippen LogP contribution in [0.25, 0.3) is 38.0 Å². The molecule has 0 unspecified atom stereocenters. The van der Waals surface area contributed by atoms with Gasteiger partial charge in [-0.1, -0.05) is 12.1 Å². The number of rotatable bonds is 1. The fourth-order valence-electron chi connectivity index (χ4n) is 3.12. The van der Waals surface area contributed by atoms with Crippen molar-refractivity contribution in [2.75, 3.05) is 0 Å². The Balaban J connectivity index is 2.09. The summed E-state index contributed by atoms with van der Waals surface area (Å²) in [6.07, 6.45) is 1.93. The molecule has 24 heavy (non-hydrogen) atoms. The van der Waals surface area contributed by atoms with Crippen LogP contribution in [0.1, 0.15) is 5.56 Å². The molecule has 0 amide bonds. The van der Waals surface area contributed by atoms with Gasteiger partial charge in [0, 0.05) is 17.5 Å². The Morgan fingerprint density at radius 3 is 2.71 bits per heavy atom. The molecule has 0 N–H and O–H groups in total. The Morgan fingerprint density at radius 1 is 1.12 bits per heavy atom. The molecule has 0 aliphatic rings. The maximum absolute atomic E-state index is 15.1. The molecule has 0 saturated carbocycles. The third-order valence-corrected chi connectivity index (χ3v) is 4.39. The van der Waals surface area contributed by atoms with E-state index in [4.69, 9.17) is 11.0 Å². The first-order chi connectivity index (χ1) is 11.6. The number of hydrogen-bond donors (Lipinski definition) is 0. The molecule has 0 spiro atoms. The van der Waals surface area contributed by atoms with Crippen LogP contribution < -0.4 is 4.57 Å². The molecule has 4 aromatic rings. The topological polar surface area (TPSA) is 21.4 Å². The molecule has 2 aromatic heterocycles. The summed E-state index contributed by atoms with van der Waals surface area (Å²) < 4.78 is 22.9. The van der Waals surface area contributed by atoms with Crippen LogP contribution in [0.4, 0.5) is 10.1 Å². The van der Waals surface area contributed by atoms with Crippen LogP contribution in [0.15, 0.2) is 53.1 Å². The Morgan fingerprint density at radius 2 is 1.96 bits per heavy atom. The first-order valence-electron chi connectivity index (χ1n) is 7.58. The van der Waals surface area contributed by atoms with Crippen molar-refractivity contribution in [2.24, 2.45) is 7.05 Å². The normalized spacial score (nSPS) is 11.1. The lowest BCUT2D eigenvalue weighted by Gasteiger charge is -2.06. The van der Waals surface area contributed by atoms with Gasteiger partial charge in [0.25, 0.3) is 0 Å². The Kier molecular flexibility index (Phi) is 3.10. The van der Waals surface area contributed by atoms with Crippen molar-refractivity contribution in [3.8, 4) is 11.3 Å². The van der Waals surface area contributed by atoms with Gasteiger partial charge in [-0.25, -0.2) is 13.8 Å². The van der Waals surface area contributed by atoms with Gasteiger partial charge in [-0.15, -0.1) is 0 Å². The zero-order valence-corrected chi connectivity index (χ0v) is 13.3. The Bertz CT molecular complexity index is 1150. The smallest absolute Gasteiger partial charge is 0.212 e. The standard InChI is InChI=1S/C20H14FN2O/c1-12-15(16-6-4-5-9-23(16)3)11-18-19(20(12)21)14-8-7-13(22-2)10-17(14)24-18/h4-11H,1,3H3/q+1. The minimum Gasteiger partial charge on any atom is -0.457 e. The molecule has 0 bridgehead atoms. The van der Waals surface area contributed by atoms with Gasteiger partial charge in [0.1, 0.15) is 24.0 Å². The number of halogens is 1. The summed E-state index contributed by atoms with van der Waals surface area (Å²) >= 11 is 0. The lowest BCUT2D eigenvalue weighted by atomic mass is 10.0. The van der Waals surface area contributed by atoms with Gasteiger partial charge < -0.3 is 4.42 Å². The quantitative estimate of drug-likeness (QED) is 0.354. The Hall–Kier alpha value is -3.19. The number of nitrogens with zero attached hydrogens (tertiary/aromatic N) is 2. The van der Waals surface area contributed by atoms with Crippen LogP contribution in [-0.4, -0.2) is 0 Å². The summed E-state index contributed by atoms with van der Waals surface area (Å²) in [7, 11) is 1.93. The SMILES string of the molecule is [C-]#[N+]c1ccc2c(c1)oc1cc(-c3cccc[n+]3C)c(C)c(F)c12. The first kappa shape index (κ1) is 14.4. The molecular weight excluding hydrogens is 303 g/mol. The first-order valence-corrected chi connectivity index (χ1v) is 7.58. The van der Waals surface area contributed by atoms with Crippen molar-refractivity contribution < 1.29 is 13.4 Å². The van der Waals surface area contributed by atoms with E-state index >= 15 is 4.39 Å². The molecule has 0 radical (unpaired) electrons. The second-order valence-corrected chi connectivity index (χ2v) is 5.83. The number of aryl methyl sites for hydroxylation is 1. The fourth-order valence-corrected chi connectivity index (χ4v) is 3.12. The van der Waals surface area contributed by atoms with Crippen molar-refractivity contribution >= 4 is 27.6 Å². The van der Waals surface area contributed by atoms with Crippen LogP contribution in [0.2, 0.25) is 0 Å². The molecule has 4 heteroatoms. The van der Waals surface area contributed by atoms with E-state index in [0.717, 1.165) is 11.3 Å². The second kappa shape index (κ2) is 5.17. The average molecular weight is 317 g/mol. The molecule has 4 rings (SSSR count). The summed E-state index contributed by atoms with van der Waals surface area (Å²) in [6.45, 7) is 8.89. The number of hydrogen-bond acceptors (Lipinski definition) is 1. The third kappa shape index (κ3) is 1.99. The highest BCUT2D eigenvalue weighted by Crippen LogP contribution is 2.37. The van der Waals surface area contributed by atoms with Crippen molar-refractivity contribution in [1.82, 2.24) is 0 Å².